The third kappa shape index (κ3) is 8.39. The summed E-state index contributed by atoms with van der Waals surface area (Å²) in [5, 5.41) is 6.66. The molecule has 0 atom stereocenters. The van der Waals surface area contributed by atoms with E-state index in [0.717, 1.165) is 48.2 Å². The molecule has 0 saturated heterocycles. The van der Waals surface area contributed by atoms with Gasteiger partial charge in [-0.15, -0.1) is 24.0 Å². The fraction of sp³-hybridized carbons (Fsp3) is 0.409. The number of hydrogen-bond donors (Lipinski definition) is 2. The van der Waals surface area contributed by atoms with Crippen LogP contribution in [0.5, 0.6) is 17.2 Å². The molecule has 0 fully saturated rings. The highest BCUT2D eigenvalue weighted by molar-refractivity contribution is 14.0. The third-order valence-electron chi connectivity index (χ3n) is 4.24. The van der Waals surface area contributed by atoms with Crippen molar-refractivity contribution in [2.75, 3.05) is 34.4 Å². The fourth-order valence-electron chi connectivity index (χ4n) is 2.68. The van der Waals surface area contributed by atoms with Crippen molar-refractivity contribution in [2.24, 2.45) is 4.99 Å². The maximum atomic E-state index is 5.70. The summed E-state index contributed by atoms with van der Waals surface area (Å²) in [6, 6.07) is 14.1. The average Bonchev–Trinajstić information content (AvgIpc) is 2.75. The quantitative estimate of drug-likeness (QED) is 0.286. The summed E-state index contributed by atoms with van der Waals surface area (Å²) < 4.78 is 16.3. The number of methoxy groups -OCH3 is 2. The molecule has 0 bridgehead atoms. The van der Waals surface area contributed by atoms with Gasteiger partial charge in [0.2, 0.25) is 0 Å². The zero-order valence-corrected chi connectivity index (χ0v) is 20.0. The van der Waals surface area contributed by atoms with Crippen LogP contribution in [0, 0.1) is 0 Å². The van der Waals surface area contributed by atoms with Crippen LogP contribution >= 0.6 is 24.0 Å². The Morgan fingerprint density at radius 3 is 2.28 bits per heavy atom. The monoisotopic (exact) mass is 513 g/mol. The van der Waals surface area contributed by atoms with Crippen molar-refractivity contribution in [3.63, 3.8) is 0 Å². The molecule has 0 aromatic heterocycles. The Bertz CT molecular complexity index is 751. The van der Waals surface area contributed by atoms with Crippen molar-refractivity contribution in [1.29, 1.82) is 0 Å². The highest BCUT2D eigenvalue weighted by Gasteiger charge is 2.06. The van der Waals surface area contributed by atoms with Crippen LogP contribution in [0.1, 0.15) is 24.5 Å². The van der Waals surface area contributed by atoms with Gasteiger partial charge in [0.1, 0.15) is 5.75 Å². The summed E-state index contributed by atoms with van der Waals surface area (Å²) in [4.78, 5) is 4.28. The van der Waals surface area contributed by atoms with Crippen molar-refractivity contribution in [3.05, 3.63) is 53.6 Å². The topological polar surface area (TPSA) is 64.1 Å². The second-order valence-corrected chi connectivity index (χ2v) is 6.28. The number of rotatable bonds is 10. The minimum atomic E-state index is 0. The molecule has 29 heavy (non-hydrogen) atoms. The van der Waals surface area contributed by atoms with Crippen LogP contribution < -0.4 is 24.8 Å². The molecule has 0 aliphatic rings. The van der Waals surface area contributed by atoms with E-state index in [1.165, 1.54) is 5.56 Å². The zero-order valence-electron chi connectivity index (χ0n) is 17.7. The van der Waals surface area contributed by atoms with E-state index in [0.29, 0.717) is 13.2 Å². The van der Waals surface area contributed by atoms with E-state index < -0.39 is 0 Å². The molecule has 160 valence electrons. The third-order valence-corrected chi connectivity index (χ3v) is 4.24. The molecule has 0 radical (unpaired) electrons. The molecule has 0 spiro atoms. The first kappa shape index (κ1) is 24.9. The van der Waals surface area contributed by atoms with Crippen molar-refractivity contribution < 1.29 is 14.2 Å². The summed E-state index contributed by atoms with van der Waals surface area (Å²) >= 11 is 0. The van der Waals surface area contributed by atoms with Crippen molar-refractivity contribution in [3.8, 4) is 17.2 Å². The summed E-state index contributed by atoms with van der Waals surface area (Å²) in [5.41, 5.74) is 2.34. The summed E-state index contributed by atoms with van der Waals surface area (Å²) in [7, 11) is 5.10. The number of aliphatic imine (C=N–C) groups is 1. The van der Waals surface area contributed by atoms with E-state index in [9.17, 15) is 0 Å². The van der Waals surface area contributed by atoms with Gasteiger partial charge in [0.25, 0.3) is 0 Å². The molecule has 2 rings (SSSR count). The molecule has 0 unspecified atom stereocenters. The fourth-order valence-corrected chi connectivity index (χ4v) is 2.68. The highest BCUT2D eigenvalue weighted by Crippen LogP contribution is 2.28. The predicted octanol–water partition coefficient (Wildman–Crippen LogP) is 4.02. The first-order valence-corrected chi connectivity index (χ1v) is 9.57. The number of benzene rings is 2. The standard InChI is InChI=1S/C22H31N3O3.HI/c1-5-14-28-20-11-8-18(15-21(20)27-4)16-25-22(23-2)24-13-12-17-6-9-19(26-3)10-7-17;/h6-11,15H,5,12-14,16H2,1-4H3,(H2,23,24,25);1H. The van der Waals surface area contributed by atoms with Gasteiger partial charge >= 0.3 is 0 Å². The molecule has 0 aliphatic carbocycles. The average molecular weight is 513 g/mol. The van der Waals surface area contributed by atoms with E-state index in [-0.39, 0.29) is 24.0 Å². The molecule has 0 aliphatic heterocycles. The molecule has 2 aromatic rings. The van der Waals surface area contributed by atoms with Gasteiger partial charge in [0, 0.05) is 20.1 Å². The maximum absolute atomic E-state index is 5.70. The highest BCUT2D eigenvalue weighted by atomic mass is 127. The van der Waals surface area contributed by atoms with Crippen LogP contribution in [0.4, 0.5) is 0 Å². The number of hydrogen-bond acceptors (Lipinski definition) is 4. The minimum absolute atomic E-state index is 0. The van der Waals surface area contributed by atoms with E-state index in [2.05, 4.69) is 34.7 Å². The van der Waals surface area contributed by atoms with E-state index >= 15 is 0 Å². The van der Waals surface area contributed by atoms with Crippen LogP contribution in [0.25, 0.3) is 0 Å². The van der Waals surface area contributed by atoms with Crippen LogP contribution in [0.2, 0.25) is 0 Å². The second kappa shape index (κ2) is 13.9. The molecule has 7 heteroatoms. The number of halogens is 1. The zero-order chi connectivity index (χ0) is 20.2. The van der Waals surface area contributed by atoms with Crippen molar-refractivity contribution in [1.82, 2.24) is 10.6 Å². The molecule has 0 amide bonds. The van der Waals surface area contributed by atoms with Gasteiger partial charge in [-0.1, -0.05) is 25.1 Å². The van der Waals surface area contributed by atoms with Crippen LogP contribution in [0.15, 0.2) is 47.5 Å². The van der Waals surface area contributed by atoms with Gasteiger partial charge in [0.05, 0.1) is 20.8 Å². The summed E-state index contributed by atoms with van der Waals surface area (Å²) in [6.45, 7) is 4.20. The molecular formula is C22H32IN3O3. The molecular weight excluding hydrogens is 481 g/mol. The first-order valence-electron chi connectivity index (χ1n) is 9.57. The Kier molecular flexibility index (Phi) is 11.9. The second-order valence-electron chi connectivity index (χ2n) is 6.28. The lowest BCUT2D eigenvalue weighted by molar-refractivity contribution is 0.294. The Morgan fingerprint density at radius 1 is 0.931 bits per heavy atom. The minimum Gasteiger partial charge on any atom is -0.497 e. The van der Waals surface area contributed by atoms with Gasteiger partial charge in [-0.05, 0) is 48.2 Å². The number of guanidine groups is 1. The van der Waals surface area contributed by atoms with Crippen LogP contribution in [-0.4, -0.2) is 40.4 Å². The lowest BCUT2D eigenvalue weighted by atomic mass is 10.1. The maximum Gasteiger partial charge on any atom is 0.191 e. The molecule has 6 nitrogen and oxygen atoms in total. The van der Waals surface area contributed by atoms with Gasteiger partial charge in [-0.25, -0.2) is 0 Å². The van der Waals surface area contributed by atoms with Crippen LogP contribution in [0.3, 0.4) is 0 Å². The lowest BCUT2D eigenvalue weighted by Gasteiger charge is -2.14. The van der Waals surface area contributed by atoms with E-state index in [1.54, 1.807) is 21.3 Å². The number of nitrogens with one attached hydrogen (secondary N) is 2. The first-order chi connectivity index (χ1) is 13.7. The molecule has 0 heterocycles. The smallest absolute Gasteiger partial charge is 0.191 e. The summed E-state index contributed by atoms with van der Waals surface area (Å²) in [5.74, 6) is 3.15. The molecule has 2 N–H and O–H groups in total. The van der Waals surface area contributed by atoms with Gasteiger partial charge < -0.3 is 24.8 Å². The van der Waals surface area contributed by atoms with Gasteiger partial charge in [0.15, 0.2) is 17.5 Å². The Hall–Kier alpha value is -2.16. The van der Waals surface area contributed by atoms with Gasteiger partial charge in [-0.3, -0.25) is 4.99 Å². The summed E-state index contributed by atoms with van der Waals surface area (Å²) in [6.07, 6.45) is 1.87. The number of nitrogens with zero attached hydrogens (tertiary/aromatic N) is 1. The Labute approximate surface area is 191 Å². The van der Waals surface area contributed by atoms with Crippen molar-refractivity contribution in [2.45, 2.75) is 26.3 Å². The predicted molar refractivity (Wildman–Crippen MR) is 129 cm³/mol. The SMILES string of the molecule is CCCOc1ccc(CNC(=NC)NCCc2ccc(OC)cc2)cc1OC.I. The van der Waals surface area contributed by atoms with Crippen molar-refractivity contribution >= 4 is 29.9 Å². The Balaban J connectivity index is 0.00000420. The van der Waals surface area contributed by atoms with Gasteiger partial charge in [-0.2, -0.15) is 0 Å². The van der Waals surface area contributed by atoms with Crippen LogP contribution in [-0.2, 0) is 13.0 Å². The molecule has 2 aromatic carbocycles. The number of ether oxygens (including phenoxy) is 3. The molecule has 0 saturated carbocycles. The Morgan fingerprint density at radius 2 is 1.66 bits per heavy atom. The van der Waals surface area contributed by atoms with E-state index in [4.69, 9.17) is 14.2 Å². The van der Waals surface area contributed by atoms with E-state index in [1.807, 2.05) is 30.3 Å². The normalized spacial score (nSPS) is 10.7. The lowest BCUT2D eigenvalue weighted by Crippen LogP contribution is -2.37. The largest absolute Gasteiger partial charge is 0.497 e.